The van der Waals surface area contributed by atoms with Crippen LogP contribution in [0.3, 0.4) is 0 Å². The zero-order chi connectivity index (χ0) is 15.2. The maximum atomic E-state index is 11.8. The van der Waals surface area contributed by atoms with Crippen molar-refractivity contribution >= 4 is 17.6 Å². The van der Waals surface area contributed by atoms with Crippen molar-refractivity contribution in [2.75, 3.05) is 5.32 Å². The predicted molar refractivity (Wildman–Crippen MR) is 78.7 cm³/mol. The quantitative estimate of drug-likeness (QED) is 0.760. The fraction of sp³-hybridized carbons (Fsp3) is 0.267. The lowest BCUT2D eigenvalue weighted by atomic mass is 10.0. The van der Waals surface area contributed by atoms with Gasteiger partial charge in [0.05, 0.1) is 5.69 Å². The minimum absolute atomic E-state index is 0.00776. The molecule has 2 aromatic rings. The molecule has 1 amide bonds. The van der Waals surface area contributed by atoms with Gasteiger partial charge in [0, 0.05) is 24.7 Å². The fourth-order valence-corrected chi connectivity index (χ4v) is 2.05. The second-order valence-corrected chi connectivity index (χ2v) is 5.00. The van der Waals surface area contributed by atoms with Crippen LogP contribution >= 0.6 is 0 Å². The van der Waals surface area contributed by atoms with E-state index in [4.69, 9.17) is 5.11 Å². The number of nitrogens with one attached hydrogen (secondary N) is 2. The van der Waals surface area contributed by atoms with Gasteiger partial charge in [-0.15, -0.1) is 0 Å². The van der Waals surface area contributed by atoms with Crippen LogP contribution in [0.4, 0.5) is 5.69 Å². The van der Waals surface area contributed by atoms with Gasteiger partial charge >= 0.3 is 5.97 Å². The Morgan fingerprint density at radius 3 is 2.52 bits per heavy atom. The first-order valence-corrected chi connectivity index (χ1v) is 6.66. The molecule has 0 saturated carbocycles. The maximum absolute atomic E-state index is 11.8. The molecule has 0 aliphatic carbocycles. The third-order valence-corrected chi connectivity index (χ3v) is 3.04. The van der Waals surface area contributed by atoms with E-state index >= 15 is 0 Å². The van der Waals surface area contributed by atoms with Gasteiger partial charge in [0.15, 0.2) is 0 Å². The first-order chi connectivity index (χ1) is 10.0. The SMILES string of the molecule is CC(CC(=O)O)CC(=O)Nc1ccc(-c2ccn[nH]2)cc1. The molecule has 0 bridgehead atoms. The summed E-state index contributed by atoms with van der Waals surface area (Å²) in [5.74, 6) is -1.26. The Balaban J connectivity index is 1.91. The Hall–Kier alpha value is -2.63. The molecule has 6 nitrogen and oxygen atoms in total. The Morgan fingerprint density at radius 2 is 1.95 bits per heavy atom. The molecule has 2 rings (SSSR count). The van der Waals surface area contributed by atoms with E-state index in [0.29, 0.717) is 5.69 Å². The molecule has 1 atom stereocenters. The number of hydrogen-bond acceptors (Lipinski definition) is 3. The fourth-order valence-electron chi connectivity index (χ4n) is 2.05. The van der Waals surface area contributed by atoms with Crippen molar-refractivity contribution in [1.29, 1.82) is 0 Å². The van der Waals surface area contributed by atoms with Gasteiger partial charge in [-0.25, -0.2) is 0 Å². The van der Waals surface area contributed by atoms with Gasteiger partial charge in [0.1, 0.15) is 0 Å². The van der Waals surface area contributed by atoms with Crippen molar-refractivity contribution in [3.05, 3.63) is 36.5 Å². The average molecular weight is 287 g/mol. The van der Waals surface area contributed by atoms with E-state index < -0.39 is 5.97 Å². The second kappa shape index (κ2) is 6.69. The minimum Gasteiger partial charge on any atom is -0.481 e. The van der Waals surface area contributed by atoms with Crippen molar-refractivity contribution in [1.82, 2.24) is 10.2 Å². The topological polar surface area (TPSA) is 95.1 Å². The first kappa shape index (κ1) is 14.8. The summed E-state index contributed by atoms with van der Waals surface area (Å²) in [4.78, 5) is 22.4. The van der Waals surface area contributed by atoms with Crippen LogP contribution in [0.1, 0.15) is 19.8 Å². The number of hydrogen-bond donors (Lipinski definition) is 3. The molecule has 0 aliphatic heterocycles. The molecule has 0 spiro atoms. The number of nitrogens with zero attached hydrogens (tertiary/aromatic N) is 1. The highest BCUT2D eigenvalue weighted by Gasteiger charge is 2.12. The van der Waals surface area contributed by atoms with Crippen LogP contribution < -0.4 is 5.32 Å². The Morgan fingerprint density at radius 1 is 1.24 bits per heavy atom. The van der Waals surface area contributed by atoms with E-state index in [1.54, 1.807) is 25.3 Å². The van der Waals surface area contributed by atoms with Crippen LogP contribution in [0.15, 0.2) is 36.5 Å². The number of carboxylic acid groups (broad SMARTS) is 1. The van der Waals surface area contributed by atoms with E-state index in [2.05, 4.69) is 15.5 Å². The monoisotopic (exact) mass is 287 g/mol. The summed E-state index contributed by atoms with van der Waals surface area (Å²) in [6, 6.07) is 9.22. The maximum Gasteiger partial charge on any atom is 0.303 e. The molecule has 1 aromatic carbocycles. The van der Waals surface area contributed by atoms with E-state index in [1.165, 1.54) is 0 Å². The van der Waals surface area contributed by atoms with Crippen LogP contribution in [0.25, 0.3) is 11.3 Å². The number of rotatable bonds is 6. The lowest BCUT2D eigenvalue weighted by Gasteiger charge is -2.09. The Labute approximate surface area is 122 Å². The van der Waals surface area contributed by atoms with Gasteiger partial charge in [-0.1, -0.05) is 19.1 Å². The number of H-pyrrole nitrogens is 1. The highest BCUT2D eigenvalue weighted by atomic mass is 16.4. The third kappa shape index (κ3) is 4.45. The van der Waals surface area contributed by atoms with Gasteiger partial charge in [0.25, 0.3) is 0 Å². The molecule has 110 valence electrons. The number of aliphatic carboxylic acids is 1. The van der Waals surface area contributed by atoms with Crippen molar-refractivity contribution in [2.24, 2.45) is 5.92 Å². The summed E-state index contributed by atoms with van der Waals surface area (Å²) in [6.07, 6.45) is 1.86. The third-order valence-electron chi connectivity index (χ3n) is 3.04. The molecule has 6 heteroatoms. The highest BCUT2D eigenvalue weighted by Crippen LogP contribution is 2.19. The summed E-state index contributed by atoms with van der Waals surface area (Å²) in [6.45, 7) is 1.75. The summed E-state index contributed by atoms with van der Waals surface area (Å²) < 4.78 is 0. The van der Waals surface area contributed by atoms with E-state index in [1.807, 2.05) is 18.2 Å². The number of anilines is 1. The minimum atomic E-state index is -0.890. The average Bonchev–Trinajstić information content (AvgIpc) is 2.92. The molecule has 0 fully saturated rings. The highest BCUT2D eigenvalue weighted by molar-refractivity contribution is 5.91. The molecule has 0 saturated heterocycles. The number of aromatic nitrogens is 2. The van der Waals surface area contributed by atoms with Crippen LogP contribution in [-0.2, 0) is 9.59 Å². The summed E-state index contributed by atoms with van der Waals surface area (Å²) in [5, 5.41) is 18.2. The van der Waals surface area contributed by atoms with Gasteiger partial charge in [-0.05, 0) is 29.7 Å². The molecule has 1 unspecified atom stereocenters. The molecule has 0 aliphatic rings. The van der Waals surface area contributed by atoms with Crippen LogP contribution in [0, 0.1) is 5.92 Å². The zero-order valence-electron chi connectivity index (χ0n) is 11.7. The summed E-state index contributed by atoms with van der Waals surface area (Å²) in [7, 11) is 0. The smallest absolute Gasteiger partial charge is 0.303 e. The molecule has 1 heterocycles. The molecular weight excluding hydrogens is 270 g/mol. The lowest BCUT2D eigenvalue weighted by molar-refractivity contribution is -0.138. The van der Waals surface area contributed by atoms with Crippen molar-refractivity contribution in [2.45, 2.75) is 19.8 Å². The Bertz CT molecular complexity index is 606. The largest absolute Gasteiger partial charge is 0.481 e. The predicted octanol–water partition coefficient (Wildman–Crippen LogP) is 2.52. The van der Waals surface area contributed by atoms with Crippen molar-refractivity contribution in [3.63, 3.8) is 0 Å². The number of carboxylic acids is 1. The normalized spacial score (nSPS) is 11.9. The van der Waals surface area contributed by atoms with Gasteiger partial charge in [0.2, 0.25) is 5.91 Å². The summed E-state index contributed by atoms with van der Waals surface area (Å²) >= 11 is 0. The van der Waals surface area contributed by atoms with E-state index in [9.17, 15) is 9.59 Å². The number of benzene rings is 1. The van der Waals surface area contributed by atoms with Crippen molar-refractivity contribution < 1.29 is 14.7 Å². The molecular formula is C15H17N3O3. The van der Waals surface area contributed by atoms with Crippen LogP contribution in [-0.4, -0.2) is 27.2 Å². The van der Waals surface area contributed by atoms with Crippen LogP contribution in [0.2, 0.25) is 0 Å². The van der Waals surface area contributed by atoms with E-state index in [0.717, 1.165) is 11.3 Å². The molecule has 21 heavy (non-hydrogen) atoms. The second-order valence-electron chi connectivity index (χ2n) is 5.00. The molecule has 3 N–H and O–H groups in total. The lowest BCUT2D eigenvalue weighted by Crippen LogP contribution is -2.16. The van der Waals surface area contributed by atoms with Gasteiger partial charge in [-0.3, -0.25) is 14.7 Å². The number of carbonyl (C=O) groups excluding carboxylic acids is 1. The number of amides is 1. The Kier molecular flexibility index (Phi) is 4.71. The number of carbonyl (C=O) groups is 2. The molecule has 0 radical (unpaired) electrons. The standard InChI is InChI=1S/C15H17N3O3/c1-10(9-15(20)21)8-14(19)17-12-4-2-11(3-5-12)13-6-7-16-18-13/h2-7,10H,8-9H2,1H3,(H,16,18)(H,17,19)(H,20,21). The first-order valence-electron chi connectivity index (χ1n) is 6.66. The zero-order valence-corrected chi connectivity index (χ0v) is 11.7. The van der Waals surface area contributed by atoms with Gasteiger partial charge < -0.3 is 10.4 Å². The molecule has 1 aromatic heterocycles. The van der Waals surface area contributed by atoms with E-state index in [-0.39, 0.29) is 24.7 Å². The summed E-state index contributed by atoms with van der Waals surface area (Å²) in [5.41, 5.74) is 2.57. The van der Waals surface area contributed by atoms with Crippen molar-refractivity contribution in [3.8, 4) is 11.3 Å². The number of aromatic amines is 1. The van der Waals surface area contributed by atoms with Gasteiger partial charge in [-0.2, -0.15) is 5.10 Å². The van der Waals surface area contributed by atoms with Crippen LogP contribution in [0.5, 0.6) is 0 Å².